The Morgan fingerprint density at radius 1 is 0.482 bits per heavy atom. The number of ether oxygens (including phenoxy) is 1. The Balaban J connectivity index is 1.25. The van der Waals surface area contributed by atoms with Gasteiger partial charge in [-0.3, -0.25) is 4.98 Å². The molecule has 0 saturated carbocycles. The first-order chi connectivity index (χ1) is 27.5. The van der Waals surface area contributed by atoms with Crippen LogP contribution in [0.25, 0.3) is 33.4 Å². The highest BCUT2D eigenvalue weighted by molar-refractivity contribution is 5.95. The maximum absolute atomic E-state index is 10.9. The summed E-state index contributed by atoms with van der Waals surface area (Å²) in [5, 5.41) is 10.9. The molecule has 4 nitrogen and oxygen atoms in total. The van der Waals surface area contributed by atoms with Crippen molar-refractivity contribution >= 4 is 17.1 Å². The topological polar surface area (TPSA) is 49.1 Å². The van der Waals surface area contributed by atoms with Crippen LogP contribution in [0.5, 0.6) is 11.5 Å². The number of nitriles is 1. The minimum Gasteiger partial charge on any atom is -0.454 e. The summed E-state index contributed by atoms with van der Waals surface area (Å²) in [5.74, 6) is 1.54. The van der Waals surface area contributed by atoms with Crippen LogP contribution in [-0.4, -0.2) is 4.98 Å². The molecule has 3 aliphatic rings. The minimum atomic E-state index is -0.704. The summed E-state index contributed by atoms with van der Waals surface area (Å²) in [6, 6.07) is 60.8. The van der Waals surface area contributed by atoms with Crippen LogP contribution in [0.3, 0.4) is 0 Å². The van der Waals surface area contributed by atoms with E-state index in [1.807, 2.05) is 36.5 Å². The zero-order valence-electron chi connectivity index (χ0n) is 31.0. The third-order valence-corrected chi connectivity index (χ3v) is 12.3. The molecule has 0 unspecified atom stereocenters. The van der Waals surface area contributed by atoms with Crippen molar-refractivity contribution < 1.29 is 4.74 Å². The van der Waals surface area contributed by atoms with Gasteiger partial charge in [-0.25, -0.2) is 0 Å². The van der Waals surface area contributed by atoms with Crippen molar-refractivity contribution in [3.05, 3.63) is 215 Å². The van der Waals surface area contributed by atoms with E-state index in [0.29, 0.717) is 5.56 Å². The summed E-state index contributed by atoms with van der Waals surface area (Å²) in [6.07, 6.45) is 3.57. The SMILES string of the molecule is CC1(C)c2ccccc2N(c2cccc3c2Oc2c(-c4cccc(-c5cccnc5)c4C#N)cccc2C32c3ccccc3-c3ccccc32)c2ccccc21. The Morgan fingerprint density at radius 3 is 1.62 bits per heavy atom. The van der Waals surface area contributed by atoms with E-state index in [9.17, 15) is 5.26 Å². The second kappa shape index (κ2) is 11.9. The first-order valence-electron chi connectivity index (χ1n) is 19.1. The van der Waals surface area contributed by atoms with E-state index >= 15 is 0 Å². The van der Waals surface area contributed by atoms with Crippen LogP contribution in [0.4, 0.5) is 17.1 Å². The quantitative estimate of drug-likeness (QED) is 0.183. The summed E-state index contributed by atoms with van der Waals surface area (Å²) in [7, 11) is 0. The molecular formula is C52H35N3O. The number of fused-ring (bicyclic) bond motifs is 11. The molecule has 1 spiro atoms. The van der Waals surface area contributed by atoms with Gasteiger partial charge in [0.1, 0.15) is 11.8 Å². The lowest BCUT2D eigenvalue weighted by molar-refractivity contribution is 0.439. The van der Waals surface area contributed by atoms with Crippen molar-refractivity contribution in [2.24, 2.45) is 0 Å². The van der Waals surface area contributed by atoms with Gasteiger partial charge in [0.15, 0.2) is 5.75 Å². The van der Waals surface area contributed by atoms with Gasteiger partial charge in [0, 0.05) is 51.2 Å². The number of hydrogen-bond donors (Lipinski definition) is 0. The van der Waals surface area contributed by atoms with Gasteiger partial charge in [-0.1, -0.05) is 153 Å². The summed E-state index contributed by atoms with van der Waals surface area (Å²) in [5.41, 5.74) is 15.8. The van der Waals surface area contributed by atoms with E-state index in [4.69, 9.17) is 4.74 Å². The number of benzene rings is 7. The van der Waals surface area contributed by atoms with Gasteiger partial charge in [0.05, 0.1) is 28.0 Å². The number of pyridine rings is 1. The molecule has 11 rings (SSSR count). The maximum Gasteiger partial charge on any atom is 0.156 e. The molecule has 0 atom stereocenters. The van der Waals surface area contributed by atoms with E-state index in [2.05, 4.69) is 163 Å². The molecular weight excluding hydrogens is 683 g/mol. The first kappa shape index (κ1) is 32.2. The van der Waals surface area contributed by atoms with Crippen LogP contribution in [-0.2, 0) is 10.8 Å². The molecule has 4 heteroatoms. The summed E-state index contributed by atoms with van der Waals surface area (Å²) >= 11 is 0. The molecule has 8 aromatic rings. The molecule has 3 heterocycles. The van der Waals surface area contributed by atoms with E-state index in [-0.39, 0.29) is 5.41 Å². The highest BCUT2D eigenvalue weighted by Crippen LogP contribution is 2.66. The fraction of sp³-hybridized carbons (Fsp3) is 0.0769. The molecule has 7 aromatic carbocycles. The van der Waals surface area contributed by atoms with Crippen molar-refractivity contribution in [1.82, 2.24) is 4.98 Å². The largest absolute Gasteiger partial charge is 0.454 e. The Hall–Kier alpha value is -7.22. The Bertz CT molecular complexity index is 2860. The fourth-order valence-corrected chi connectivity index (χ4v) is 9.91. The van der Waals surface area contributed by atoms with Gasteiger partial charge in [-0.05, 0) is 57.6 Å². The van der Waals surface area contributed by atoms with Crippen molar-refractivity contribution in [1.29, 1.82) is 5.26 Å². The average Bonchev–Trinajstić information content (AvgIpc) is 3.54. The number of anilines is 3. The summed E-state index contributed by atoms with van der Waals surface area (Å²) < 4.78 is 7.53. The second-order valence-electron chi connectivity index (χ2n) is 15.4. The van der Waals surface area contributed by atoms with Gasteiger partial charge in [-0.2, -0.15) is 5.26 Å². The van der Waals surface area contributed by atoms with Gasteiger partial charge in [-0.15, -0.1) is 0 Å². The Morgan fingerprint density at radius 2 is 0.982 bits per heavy atom. The number of hydrogen-bond acceptors (Lipinski definition) is 4. The van der Waals surface area contributed by atoms with Crippen LogP contribution >= 0.6 is 0 Å². The molecule has 1 aliphatic carbocycles. The van der Waals surface area contributed by atoms with Gasteiger partial charge in [0.25, 0.3) is 0 Å². The average molecular weight is 718 g/mol. The van der Waals surface area contributed by atoms with Crippen LogP contribution < -0.4 is 9.64 Å². The summed E-state index contributed by atoms with van der Waals surface area (Å²) in [6.45, 7) is 4.63. The third kappa shape index (κ3) is 4.20. The van der Waals surface area contributed by atoms with Gasteiger partial charge < -0.3 is 9.64 Å². The van der Waals surface area contributed by atoms with Crippen molar-refractivity contribution in [2.75, 3.05) is 4.90 Å². The van der Waals surface area contributed by atoms with E-state index in [1.54, 1.807) is 6.20 Å². The molecule has 0 bridgehead atoms. The maximum atomic E-state index is 10.9. The minimum absolute atomic E-state index is 0.212. The number of nitrogens with zero attached hydrogens (tertiary/aromatic N) is 3. The molecule has 0 radical (unpaired) electrons. The number of para-hydroxylation sites is 4. The highest BCUT2D eigenvalue weighted by Gasteiger charge is 2.52. The van der Waals surface area contributed by atoms with E-state index in [1.165, 1.54) is 33.4 Å². The first-order valence-corrected chi connectivity index (χ1v) is 19.1. The van der Waals surface area contributed by atoms with Gasteiger partial charge >= 0.3 is 0 Å². The predicted molar refractivity (Wildman–Crippen MR) is 224 cm³/mol. The highest BCUT2D eigenvalue weighted by atomic mass is 16.5. The molecule has 2 aliphatic heterocycles. The zero-order chi connectivity index (χ0) is 37.6. The summed E-state index contributed by atoms with van der Waals surface area (Å²) in [4.78, 5) is 6.78. The molecule has 1 aromatic heterocycles. The van der Waals surface area contributed by atoms with Gasteiger partial charge in [0.2, 0.25) is 0 Å². The lowest BCUT2D eigenvalue weighted by Crippen LogP contribution is -2.34. The molecule has 0 fully saturated rings. The normalized spacial score (nSPS) is 14.6. The smallest absolute Gasteiger partial charge is 0.156 e. The number of rotatable bonds is 3. The van der Waals surface area contributed by atoms with E-state index in [0.717, 1.165) is 61.9 Å². The predicted octanol–water partition coefficient (Wildman–Crippen LogP) is 12.9. The fourth-order valence-electron chi connectivity index (χ4n) is 9.91. The monoisotopic (exact) mass is 717 g/mol. The molecule has 0 N–H and O–H groups in total. The lowest BCUT2D eigenvalue weighted by Gasteiger charge is -2.45. The van der Waals surface area contributed by atoms with Crippen LogP contribution in [0.1, 0.15) is 52.8 Å². The van der Waals surface area contributed by atoms with Crippen molar-refractivity contribution in [3.63, 3.8) is 0 Å². The molecule has 264 valence electrons. The third-order valence-electron chi connectivity index (χ3n) is 12.3. The van der Waals surface area contributed by atoms with E-state index < -0.39 is 5.41 Å². The lowest BCUT2D eigenvalue weighted by atomic mass is 9.65. The molecule has 0 saturated heterocycles. The molecule has 56 heavy (non-hydrogen) atoms. The Kier molecular flexibility index (Phi) is 6.84. The standard InChI is InChI=1S/C52H35N3O/c1-51(2)42-23-7-9-27-46(42)55(47-28-10-8-24-43(47)51)48-29-13-26-45-50(48)56-49-38(35-19-11-18-34(39(35)31-53)33-15-14-30-54-32-33)20-12-25-44(49)52(45)40-21-5-3-16-36(40)37-17-4-6-22-41(37)52/h3-30,32H,1-2H3. The second-order valence-corrected chi connectivity index (χ2v) is 15.4. The molecule has 0 amide bonds. The number of aromatic nitrogens is 1. The van der Waals surface area contributed by atoms with Crippen LogP contribution in [0.2, 0.25) is 0 Å². The zero-order valence-corrected chi connectivity index (χ0v) is 31.0. The van der Waals surface area contributed by atoms with Crippen LogP contribution in [0.15, 0.2) is 176 Å². The van der Waals surface area contributed by atoms with Crippen molar-refractivity contribution in [2.45, 2.75) is 24.7 Å². The van der Waals surface area contributed by atoms with Crippen molar-refractivity contribution in [3.8, 4) is 50.9 Å². The van der Waals surface area contributed by atoms with Crippen LogP contribution in [0, 0.1) is 11.3 Å². The Labute approximate surface area is 326 Å².